The van der Waals surface area contributed by atoms with Crippen molar-refractivity contribution in [2.75, 3.05) is 23.3 Å². The number of carbonyl (C=O) groups excluding carboxylic acids is 1. The lowest BCUT2D eigenvalue weighted by Gasteiger charge is -2.33. The lowest BCUT2D eigenvalue weighted by Crippen LogP contribution is -2.41. The highest BCUT2D eigenvalue weighted by Crippen LogP contribution is 2.24. The van der Waals surface area contributed by atoms with Crippen molar-refractivity contribution in [1.82, 2.24) is 9.55 Å². The number of nitrogens with one attached hydrogen (secondary N) is 1. The molecule has 1 aliphatic rings. The van der Waals surface area contributed by atoms with Crippen LogP contribution in [0, 0.1) is 5.92 Å². The number of aliphatic carboxylic acids is 1. The van der Waals surface area contributed by atoms with Crippen molar-refractivity contribution in [2.45, 2.75) is 32.7 Å². The number of hydrogen-bond donors (Lipinski definition) is 2. The van der Waals surface area contributed by atoms with E-state index >= 15 is 0 Å². The van der Waals surface area contributed by atoms with Gasteiger partial charge in [-0.15, -0.1) is 0 Å². The zero-order chi connectivity index (χ0) is 20.1. The van der Waals surface area contributed by atoms with E-state index in [9.17, 15) is 14.4 Å². The summed E-state index contributed by atoms with van der Waals surface area (Å²) < 4.78 is 1.10. The van der Waals surface area contributed by atoms with Gasteiger partial charge in [0.1, 0.15) is 6.54 Å². The molecule has 0 unspecified atom stereocenters. The average molecular weight is 384 g/mol. The van der Waals surface area contributed by atoms with E-state index in [2.05, 4.69) is 15.2 Å². The third-order valence-corrected chi connectivity index (χ3v) is 4.96. The van der Waals surface area contributed by atoms with Crippen molar-refractivity contribution in [3.8, 4) is 0 Å². The predicted octanol–water partition coefficient (Wildman–Crippen LogP) is 1.75. The van der Waals surface area contributed by atoms with Crippen LogP contribution in [-0.2, 0) is 22.6 Å². The molecule has 28 heavy (non-hydrogen) atoms. The first-order chi connectivity index (χ1) is 13.5. The van der Waals surface area contributed by atoms with Crippen LogP contribution in [0.2, 0.25) is 0 Å². The van der Waals surface area contributed by atoms with Crippen molar-refractivity contribution in [3.63, 3.8) is 0 Å². The molecule has 0 saturated carbocycles. The first kappa shape index (κ1) is 19.6. The second-order valence-electron chi connectivity index (χ2n) is 6.91. The fourth-order valence-corrected chi connectivity index (χ4v) is 3.49. The van der Waals surface area contributed by atoms with Gasteiger partial charge in [0.05, 0.1) is 23.5 Å². The molecular formula is C20H24N4O4. The molecule has 1 aliphatic heterocycles. The number of hydrogen-bond acceptors (Lipinski definition) is 5. The lowest BCUT2D eigenvalue weighted by molar-refractivity contribution is -0.137. The number of piperidine rings is 1. The first-order valence-corrected chi connectivity index (χ1v) is 9.39. The predicted molar refractivity (Wildman–Crippen MR) is 106 cm³/mol. The molecule has 8 nitrogen and oxygen atoms in total. The van der Waals surface area contributed by atoms with Crippen LogP contribution in [0.25, 0.3) is 0 Å². The van der Waals surface area contributed by atoms with E-state index in [1.165, 1.54) is 12.3 Å². The number of carboxylic acid groups (broad SMARTS) is 1. The number of carboxylic acids is 1. The molecule has 2 aromatic rings. The molecule has 0 radical (unpaired) electrons. The summed E-state index contributed by atoms with van der Waals surface area (Å²) in [5, 5.41) is 11.9. The van der Waals surface area contributed by atoms with Gasteiger partial charge >= 0.3 is 5.97 Å². The minimum Gasteiger partial charge on any atom is -0.480 e. The van der Waals surface area contributed by atoms with E-state index in [-0.39, 0.29) is 11.8 Å². The van der Waals surface area contributed by atoms with Gasteiger partial charge in [-0.2, -0.15) is 0 Å². The summed E-state index contributed by atoms with van der Waals surface area (Å²) in [5.74, 6) is -1.43. The minimum absolute atomic E-state index is 0.121. The van der Waals surface area contributed by atoms with Crippen LogP contribution < -0.4 is 15.8 Å². The van der Waals surface area contributed by atoms with Gasteiger partial charge in [-0.25, -0.2) is 0 Å². The SMILES string of the molecule is CCc1cc(=O)n(CC(=O)O)cc1NC(=O)[C@H]1CCCN(c2cccnc2)C1. The first-order valence-electron chi connectivity index (χ1n) is 9.39. The zero-order valence-corrected chi connectivity index (χ0v) is 15.8. The molecule has 2 aromatic heterocycles. The molecule has 1 atom stereocenters. The smallest absolute Gasteiger partial charge is 0.323 e. The molecule has 3 rings (SSSR count). The summed E-state index contributed by atoms with van der Waals surface area (Å²) in [4.78, 5) is 42.2. The van der Waals surface area contributed by atoms with Gasteiger partial charge < -0.3 is 19.9 Å². The lowest BCUT2D eigenvalue weighted by atomic mass is 9.96. The van der Waals surface area contributed by atoms with E-state index in [0.29, 0.717) is 24.2 Å². The Morgan fingerprint density at radius 3 is 2.89 bits per heavy atom. The van der Waals surface area contributed by atoms with Gasteiger partial charge in [-0.1, -0.05) is 6.92 Å². The second-order valence-corrected chi connectivity index (χ2v) is 6.91. The van der Waals surface area contributed by atoms with Crippen LogP contribution in [0.15, 0.2) is 41.6 Å². The summed E-state index contributed by atoms with van der Waals surface area (Å²) in [6.45, 7) is 2.91. The Morgan fingerprint density at radius 2 is 2.21 bits per heavy atom. The van der Waals surface area contributed by atoms with Crippen molar-refractivity contribution < 1.29 is 14.7 Å². The Hall–Kier alpha value is -3.16. The Kier molecular flexibility index (Phi) is 6.08. The highest BCUT2D eigenvalue weighted by atomic mass is 16.4. The standard InChI is InChI=1S/C20H24N4O4/c1-2-14-9-18(25)24(13-19(26)27)12-17(14)22-20(28)15-5-4-8-23(11-15)16-6-3-7-21-10-16/h3,6-7,9-10,12,15H,2,4-5,8,11,13H2,1H3,(H,22,28)(H,26,27)/t15-/m0/s1. The molecule has 2 N–H and O–H groups in total. The zero-order valence-electron chi connectivity index (χ0n) is 15.8. The number of aromatic nitrogens is 2. The number of aryl methyl sites for hydroxylation is 1. The van der Waals surface area contributed by atoms with Crippen LogP contribution in [0.4, 0.5) is 11.4 Å². The highest BCUT2D eigenvalue weighted by Gasteiger charge is 2.26. The third kappa shape index (κ3) is 4.57. The van der Waals surface area contributed by atoms with Gasteiger partial charge in [-0.05, 0) is 37.0 Å². The maximum atomic E-state index is 12.9. The molecule has 0 bridgehead atoms. The highest BCUT2D eigenvalue weighted by molar-refractivity contribution is 5.93. The topological polar surface area (TPSA) is 105 Å². The second kappa shape index (κ2) is 8.69. The fourth-order valence-electron chi connectivity index (χ4n) is 3.49. The largest absolute Gasteiger partial charge is 0.480 e. The summed E-state index contributed by atoms with van der Waals surface area (Å²) >= 11 is 0. The Morgan fingerprint density at radius 1 is 1.39 bits per heavy atom. The Balaban J connectivity index is 1.76. The normalized spacial score (nSPS) is 16.6. The molecule has 3 heterocycles. The molecule has 148 valence electrons. The van der Waals surface area contributed by atoms with Crippen molar-refractivity contribution >= 4 is 23.3 Å². The number of amides is 1. The van der Waals surface area contributed by atoms with Gasteiger partial charge in [0.2, 0.25) is 5.91 Å². The van der Waals surface area contributed by atoms with E-state index in [0.717, 1.165) is 29.6 Å². The van der Waals surface area contributed by atoms with Crippen molar-refractivity contribution in [3.05, 3.63) is 52.7 Å². The van der Waals surface area contributed by atoms with Crippen molar-refractivity contribution in [1.29, 1.82) is 0 Å². The van der Waals surface area contributed by atoms with Crippen LogP contribution >= 0.6 is 0 Å². The number of nitrogens with zero attached hydrogens (tertiary/aromatic N) is 3. The number of rotatable bonds is 6. The number of carbonyl (C=O) groups is 2. The van der Waals surface area contributed by atoms with Crippen LogP contribution in [0.5, 0.6) is 0 Å². The third-order valence-electron chi connectivity index (χ3n) is 4.96. The molecule has 1 saturated heterocycles. The Labute approximate surface area is 162 Å². The number of pyridine rings is 2. The molecule has 0 spiro atoms. The molecule has 1 fully saturated rings. The monoisotopic (exact) mass is 384 g/mol. The van der Waals surface area contributed by atoms with E-state index in [4.69, 9.17) is 5.11 Å². The van der Waals surface area contributed by atoms with E-state index in [1.807, 2.05) is 19.1 Å². The maximum absolute atomic E-state index is 12.9. The van der Waals surface area contributed by atoms with Gasteiger partial charge in [0, 0.05) is 31.5 Å². The van der Waals surface area contributed by atoms with Crippen LogP contribution in [-0.4, -0.2) is 39.6 Å². The quantitative estimate of drug-likeness (QED) is 0.786. The van der Waals surface area contributed by atoms with Gasteiger partial charge in [-0.3, -0.25) is 19.4 Å². The molecule has 0 aliphatic carbocycles. The van der Waals surface area contributed by atoms with Gasteiger partial charge in [0.15, 0.2) is 0 Å². The molecule has 8 heteroatoms. The van der Waals surface area contributed by atoms with E-state index in [1.54, 1.807) is 12.4 Å². The average Bonchev–Trinajstić information content (AvgIpc) is 2.70. The van der Waals surface area contributed by atoms with Crippen LogP contribution in [0.3, 0.4) is 0 Å². The summed E-state index contributed by atoms with van der Waals surface area (Å²) in [6.07, 6.45) is 7.16. The van der Waals surface area contributed by atoms with Crippen molar-refractivity contribution in [2.24, 2.45) is 5.92 Å². The summed E-state index contributed by atoms with van der Waals surface area (Å²) in [6, 6.07) is 5.24. The summed E-state index contributed by atoms with van der Waals surface area (Å²) in [5.41, 5.74) is 1.79. The maximum Gasteiger partial charge on any atom is 0.323 e. The van der Waals surface area contributed by atoms with Crippen LogP contribution in [0.1, 0.15) is 25.3 Å². The summed E-state index contributed by atoms with van der Waals surface area (Å²) in [7, 11) is 0. The minimum atomic E-state index is -1.11. The molecule has 0 aromatic carbocycles. The fraction of sp³-hybridized carbons (Fsp3) is 0.400. The van der Waals surface area contributed by atoms with E-state index < -0.39 is 18.1 Å². The number of anilines is 2. The van der Waals surface area contributed by atoms with Gasteiger partial charge in [0.25, 0.3) is 5.56 Å². The molecular weight excluding hydrogens is 360 g/mol. The Bertz CT molecular complexity index is 910. The molecule has 1 amide bonds.